The summed E-state index contributed by atoms with van der Waals surface area (Å²) < 4.78 is 11.5. The van der Waals surface area contributed by atoms with E-state index >= 15 is 0 Å². The van der Waals surface area contributed by atoms with Crippen molar-refractivity contribution in [1.29, 1.82) is 0 Å². The summed E-state index contributed by atoms with van der Waals surface area (Å²) in [4.78, 5) is 5.92. The van der Waals surface area contributed by atoms with Crippen LogP contribution >= 0.6 is 11.8 Å². The van der Waals surface area contributed by atoms with Gasteiger partial charge in [0.1, 0.15) is 18.1 Å². The van der Waals surface area contributed by atoms with E-state index < -0.39 is 0 Å². The van der Waals surface area contributed by atoms with Gasteiger partial charge in [-0.1, -0.05) is 41.6 Å². The Morgan fingerprint density at radius 3 is 2.30 bits per heavy atom. The molecule has 7 nitrogen and oxygen atoms in total. The second kappa shape index (κ2) is 10.1. The van der Waals surface area contributed by atoms with Gasteiger partial charge in [0.15, 0.2) is 6.61 Å². The van der Waals surface area contributed by atoms with Crippen molar-refractivity contribution in [2.45, 2.75) is 23.9 Å². The van der Waals surface area contributed by atoms with E-state index in [9.17, 15) is 0 Å². The molecular formula is C25H21N5O2S. The number of nitrogens with one attached hydrogen (secondary N) is 1. The van der Waals surface area contributed by atoms with Crippen molar-refractivity contribution in [2.75, 3.05) is 0 Å². The highest BCUT2D eigenvalue weighted by Crippen LogP contribution is 2.26. The third-order valence-electron chi connectivity index (χ3n) is 4.95. The Hall–Kier alpha value is -3.91. The average Bonchev–Trinajstić information content (AvgIpc) is 3.40. The smallest absolute Gasteiger partial charge is 0.211 e. The van der Waals surface area contributed by atoms with Crippen molar-refractivity contribution in [3.05, 3.63) is 102 Å². The van der Waals surface area contributed by atoms with Crippen molar-refractivity contribution in [3.8, 4) is 11.5 Å². The van der Waals surface area contributed by atoms with Crippen molar-refractivity contribution >= 4 is 22.7 Å². The summed E-state index contributed by atoms with van der Waals surface area (Å²) in [6.07, 6.45) is 0. The number of fused-ring (bicyclic) bond motifs is 1. The molecule has 0 fully saturated rings. The molecule has 0 bridgehead atoms. The van der Waals surface area contributed by atoms with E-state index in [1.54, 1.807) is 11.8 Å². The number of para-hydroxylation sites is 1. The largest absolute Gasteiger partial charge is 0.489 e. The topological polar surface area (TPSA) is 85.8 Å². The van der Waals surface area contributed by atoms with E-state index in [-0.39, 0.29) is 6.61 Å². The standard InChI is InChI=1S/C25H21N5O2S/c1-2-4-24-19(3-1)7-8-20(26-24)17-33-23-13-11-22(12-14-23)31-15-18-5-9-21(10-6-18)32-16-25-27-29-30-28-25/h1-14H,15-17H2,(H,27,28,29,30). The van der Waals surface area contributed by atoms with Crippen LogP contribution < -0.4 is 9.47 Å². The van der Waals surface area contributed by atoms with Gasteiger partial charge in [-0.2, -0.15) is 5.21 Å². The minimum Gasteiger partial charge on any atom is -0.489 e. The Labute approximate surface area is 195 Å². The highest BCUT2D eigenvalue weighted by atomic mass is 32.2. The zero-order valence-electron chi connectivity index (χ0n) is 17.7. The van der Waals surface area contributed by atoms with E-state index in [4.69, 9.17) is 14.5 Å². The maximum atomic E-state index is 5.92. The van der Waals surface area contributed by atoms with Crippen LogP contribution in [0, 0.1) is 0 Å². The van der Waals surface area contributed by atoms with Gasteiger partial charge in [-0.05, 0) is 54.1 Å². The fourth-order valence-corrected chi connectivity index (χ4v) is 4.02. The molecule has 0 radical (unpaired) electrons. The van der Waals surface area contributed by atoms with E-state index in [0.717, 1.165) is 34.0 Å². The number of ether oxygens (including phenoxy) is 2. The van der Waals surface area contributed by atoms with Crippen LogP contribution in [0.1, 0.15) is 17.1 Å². The summed E-state index contributed by atoms with van der Waals surface area (Å²) in [5.41, 5.74) is 3.16. The molecule has 0 aliphatic carbocycles. The first kappa shape index (κ1) is 21.0. The molecule has 5 aromatic rings. The lowest BCUT2D eigenvalue weighted by atomic mass is 10.2. The number of aromatic amines is 1. The molecule has 0 amide bonds. The number of rotatable bonds is 9. The normalized spacial score (nSPS) is 10.9. The second-order valence-corrected chi connectivity index (χ2v) is 8.35. The van der Waals surface area contributed by atoms with Gasteiger partial charge in [-0.15, -0.1) is 22.0 Å². The quantitative estimate of drug-likeness (QED) is 0.306. The van der Waals surface area contributed by atoms with Crippen LogP contribution in [0.2, 0.25) is 0 Å². The number of tetrazole rings is 1. The van der Waals surface area contributed by atoms with Crippen LogP contribution in [0.15, 0.2) is 89.8 Å². The molecule has 0 spiro atoms. The average molecular weight is 456 g/mol. The number of pyridine rings is 1. The van der Waals surface area contributed by atoms with Crippen molar-refractivity contribution in [3.63, 3.8) is 0 Å². The number of thioether (sulfide) groups is 1. The zero-order chi connectivity index (χ0) is 22.3. The summed E-state index contributed by atoms with van der Waals surface area (Å²) in [6, 6.07) is 28.3. The van der Waals surface area contributed by atoms with Gasteiger partial charge >= 0.3 is 0 Å². The van der Waals surface area contributed by atoms with E-state index in [1.165, 1.54) is 10.3 Å². The third kappa shape index (κ3) is 5.67. The van der Waals surface area contributed by atoms with Crippen LogP contribution in [-0.4, -0.2) is 25.6 Å². The van der Waals surface area contributed by atoms with Crippen molar-refractivity contribution < 1.29 is 9.47 Å². The van der Waals surface area contributed by atoms with Gasteiger partial charge in [0.2, 0.25) is 5.82 Å². The van der Waals surface area contributed by atoms with Gasteiger partial charge in [0, 0.05) is 16.0 Å². The zero-order valence-corrected chi connectivity index (χ0v) is 18.5. The number of nitrogens with zero attached hydrogens (tertiary/aromatic N) is 4. The fraction of sp³-hybridized carbons (Fsp3) is 0.120. The predicted molar refractivity (Wildman–Crippen MR) is 127 cm³/mol. The number of aromatic nitrogens is 5. The molecule has 164 valence electrons. The molecule has 33 heavy (non-hydrogen) atoms. The lowest BCUT2D eigenvalue weighted by Crippen LogP contribution is -1.99. The van der Waals surface area contributed by atoms with E-state index in [2.05, 4.69) is 51.0 Å². The summed E-state index contributed by atoms with van der Waals surface area (Å²) >= 11 is 1.76. The molecule has 2 heterocycles. The van der Waals surface area contributed by atoms with Crippen LogP contribution in [0.4, 0.5) is 0 Å². The van der Waals surface area contributed by atoms with Gasteiger partial charge in [-0.25, -0.2) is 0 Å². The Morgan fingerprint density at radius 2 is 1.52 bits per heavy atom. The van der Waals surface area contributed by atoms with E-state index in [0.29, 0.717) is 12.4 Å². The predicted octanol–water partition coefficient (Wildman–Crippen LogP) is 5.20. The minimum absolute atomic E-state index is 0.271. The molecule has 0 aliphatic heterocycles. The fourth-order valence-electron chi connectivity index (χ4n) is 3.22. The Balaban J connectivity index is 1.10. The first-order chi connectivity index (χ1) is 16.3. The molecule has 0 aliphatic rings. The third-order valence-corrected chi connectivity index (χ3v) is 6.00. The highest BCUT2D eigenvalue weighted by Gasteiger charge is 2.03. The molecule has 2 aromatic heterocycles. The molecule has 0 unspecified atom stereocenters. The monoisotopic (exact) mass is 455 g/mol. The van der Waals surface area contributed by atoms with Crippen LogP contribution in [0.5, 0.6) is 11.5 Å². The van der Waals surface area contributed by atoms with Gasteiger partial charge in [-0.3, -0.25) is 4.98 Å². The summed E-state index contributed by atoms with van der Waals surface area (Å²) in [7, 11) is 0. The summed E-state index contributed by atoms with van der Waals surface area (Å²) in [5, 5.41) is 14.8. The molecule has 0 atom stereocenters. The van der Waals surface area contributed by atoms with Crippen LogP contribution in [0.3, 0.4) is 0 Å². The van der Waals surface area contributed by atoms with Crippen LogP contribution in [-0.2, 0) is 19.0 Å². The second-order valence-electron chi connectivity index (χ2n) is 7.30. The molecule has 0 saturated heterocycles. The lowest BCUT2D eigenvalue weighted by Gasteiger charge is -2.09. The van der Waals surface area contributed by atoms with Crippen molar-refractivity contribution in [1.82, 2.24) is 25.6 Å². The Bertz CT molecular complexity index is 1310. The van der Waals surface area contributed by atoms with Crippen molar-refractivity contribution in [2.24, 2.45) is 0 Å². The highest BCUT2D eigenvalue weighted by molar-refractivity contribution is 7.98. The van der Waals surface area contributed by atoms with Crippen LogP contribution in [0.25, 0.3) is 10.9 Å². The molecule has 8 heteroatoms. The molecular weight excluding hydrogens is 434 g/mol. The molecule has 3 aromatic carbocycles. The maximum Gasteiger partial charge on any atom is 0.211 e. The first-order valence-electron chi connectivity index (χ1n) is 10.5. The Kier molecular flexibility index (Phi) is 6.44. The lowest BCUT2D eigenvalue weighted by molar-refractivity contribution is 0.293. The summed E-state index contributed by atoms with van der Waals surface area (Å²) in [5.74, 6) is 2.91. The Morgan fingerprint density at radius 1 is 0.758 bits per heavy atom. The molecule has 0 saturated carbocycles. The number of benzene rings is 3. The number of hydrogen-bond acceptors (Lipinski definition) is 7. The molecule has 1 N–H and O–H groups in total. The van der Waals surface area contributed by atoms with Gasteiger partial charge in [0.25, 0.3) is 0 Å². The van der Waals surface area contributed by atoms with E-state index in [1.807, 2.05) is 54.6 Å². The van der Waals surface area contributed by atoms with Gasteiger partial charge in [0.05, 0.1) is 11.2 Å². The summed E-state index contributed by atoms with van der Waals surface area (Å²) in [6.45, 7) is 0.756. The maximum absolute atomic E-state index is 5.92. The van der Waals surface area contributed by atoms with Gasteiger partial charge < -0.3 is 9.47 Å². The first-order valence-corrected chi connectivity index (χ1v) is 11.4. The molecule has 5 rings (SSSR count). The SMILES string of the molecule is c1ccc2nc(CSc3ccc(OCc4ccc(OCc5nn[nH]n5)cc4)cc3)ccc2c1. The minimum atomic E-state index is 0.271. The number of H-pyrrole nitrogens is 1. The number of hydrogen-bond donors (Lipinski definition) is 1.